The summed E-state index contributed by atoms with van der Waals surface area (Å²) in [5, 5.41) is 49.5. The van der Waals surface area contributed by atoms with E-state index in [1.165, 1.54) is 47.9 Å². The fourth-order valence-electron chi connectivity index (χ4n) is 7.30. The molecule has 11 atom stereocenters. The molecule has 2 rings (SSSR count). The first-order chi connectivity index (χ1) is 34.4. The highest BCUT2D eigenvalue weighted by Gasteiger charge is 2.39. The lowest BCUT2D eigenvalue weighted by atomic mass is 9.97. The molecule has 0 aromatic carbocycles. The van der Waals surface area contributed by atoms with Gasteiger partial charge in [0, 0.05) is 25.6 Å². The smallest absolute Gasteiger partial charge is 0.328 e. The summed E-state index contributed by atoms with van der Waals surface area (Å²) in [5.41, 5.74) is 11.6. The van der Waals surface area contributed by atoms with Crippen LogP contribution in [0.25, 0.3) is 0 Å². The molecule has 1 aliphatic rings. The maximum absolute atomic E-state index is 13.8. The second kappa shape index (κ2) is 32.2. The quantitative estimate of drug-likeness (QED) is 0.0314. The number of amides is 10. The molecule has 0 radical (unpaired) electrons. The minimum Gasteiger partial charge on any atom is -0.480 e. The highest BCUT2D eigenvalue weighted by atomic mass is 32.2. The minimum atomic E-state index is -1.71. The van der Waals surface area contributed by atoms with Gasteiger partial charge in [-0.15, -0.1) is 0 Å². The zero-order chi connectivity index (χ0) is 54.9. The summed E-state index contributed by atoms with van der Waals surface area (Å²) in [4.78, 5) is 152. The average molecular weight is 1070 g/mol. The Kier molecular flexibility index (Phi) is 27.8. The molecule has 2 heterocycles. The van der Waals surface area contributed by atoms with Gasteiger partial charge in [0.2, 0.25) is 59.1 Å². The van der Waals surface area contributed by atoms with Crippen LogP contribution in [0.3, 0.4) is 0 Å². The van der Waals surface area contributed by atoms with Crippen LogP contribution in [0.15, 0.2) is 12.5 Å². The molecular formula is C44H73N13O14S2. The van der Waals surface area contributed by atoms with Crippen LogP contribution in [0, 0.1) is 5.92 Å². The number of carboxylic acid groups (broad SMARTS) is 1. The van der Waals surface area contributed by atoms with Crippen molar-refractivity contribution in [2.45, 2.75) is 140 Å². The number of aliphatic hydroxyl groups excluding tert-OH is 2. The van der Waals surface area contributed by atoms with Crippen LogP contribution in [-0.2, 0) is 59.2 Å². The Labute approximate surface area is 431 Å². The molecule has 0 aliphatic carbocycles. The van der Waals surface area contributed by atoms with Crippen molar-refractivity contribution in [1.29, 1.82) is 0 Å². The molecule has 10 amide bonds. The zero-order valence-electron chi connectivity index (χ0n) is 41.9. The van der Waals surface area contributed by atoms with Crippen LogP contribution >= 0.6 is 23.5 Å². The van der Waals surface area contributed by atoms with Gasteiger partial charge in [-0.3, -0.25) is 47.9 Å². The number of carboxylic acids is 1. The van der Waals surface area contributed by atoms with Crippen LogP contribution in [0.2, 0.25) is 0 Å². The minimum absolute atomic E-state index is 0.00159. The van der Waals surface area contributed by atoms with Crippen molar-refractivity contribution in [2.24, 2.45) is 17.4 Å². The van der Waals surface area contributed by atoms with Gasteiger partial charge in [-0.1, -0.05) is 20.3 Å². The van der Waals surface area contributed by atoms with Crippen molar-refractivity contribution in [3.63, 3.8) is 0 Å². The Balaban J connectivity index is 2.19. The number of aliphatic hydroxyl groups is 2. The molecule has 410 valence electrons. The van der Waals surface area contributed by atoms with E-state index in [0.717, 1.165) is 6.92 Å². The standard InChI is InChI=1S/C44H73N13O14S2/c1-7-22(2)34(54-37(63)26(45)12-15-72-5)42(68)49-20-33(62)57-14-8-9-30(57)41(67)55-35(23(3)58)43(69)53-29(17-25-18-47-21-50-25)38(64)48-19-32(61)51-27(10-11-31(46)60)39(65)52-28(13-16-73-6)40(66)56-36(24(4)59)44(70)71/h18,21-24,26-30,34-36,58-59H,7-17,19-20,45H2,1-6H3,(H2,46,60)(H,47,50)(H,48,64)(H,49,68)(H,51,61)(H,52,65)(H,53,69)(H,54,63)(H,55,67)(H,56,66)(H,70,71)/t22-,23+,24+,26-,27-,28-,29-,30-,34-,35-,36-/m0/s1. The van der Waals surface area contributed by atoms with E-state index in [0.29, 0.717) is 30.8 Å². The Morgan fingerprint density at radius 1 is 0.740 bits per heavy atom. The summed E-state index contributed by atoms with van der Waals surface area (Å²) in [6.07, 6.45) is 3.70. The van der Waals surface area contributed by atoms with E-state index >= 15 is 0 Å². The van der Waals surface area contributed by atoms with Gasteiger partial charge in [0.1, 0.15) is 36.3 Å². The first kappa shape index (κ1) is 63.1. The van der Waals surface area contributed by atoms with Gasteiger partial charge in [0.05, 0.1) is 43.4 Å². The van der Waals surface area contributed by atoms with E-state index in [1.807, 2.05) is 13.2 Å². The highest BCUT2D eigenvalue weighted by Crippen LogP contribution is 2.18. The SMILES string of the molecule is CC[C@H](C)[C@H](NC(=O)[C@@H](N)CCSC)C(=O)NCC(=O)N1CCC[C@H]1C(=O)N[C@H](C(=O)N[C@@H](Cc1c[nH]cn1)C(=O)NCC(=O)N[C@@H](CCC(N)=O)C(=O)N[C@@H](CCSC)C(=O)N[C@H](C(=O)O)[C@@H](C)O)[C@@H](C)O. The Hall–Kier alpha value is -6.04. The zero-order valence-corrected chi connectivity index (χ0v) is 43.5. The predicted octanol–water partition coefficient (Wildman–Crippen LogP) is -4.92. The van der Waals surface area contributed by atoms with Crippen molar-refractivity contribution in [2.75, 3.05) is 43.7 Å². The molecule has 1 saturated heterocycles. The van der Waals surface area contributed by atoms with Gasteiger partial charge >= 0.3 is 5.97 Å². The molecule has 0 saturated carbocycles. The second-order valence-electron chi connectivity index (χ2n) is 17.5. The Bertz CT molecular complexity index is 2050. The number of imidazole rings is 1. The van der Waals surface area contributed by atoms with Gasteiger partial charge in [-0.05, 0) is 75.9 Å². The number of nitrogens with two attached hydrogens (primary N) is 2. The lowest BCUT2D eigenvalue weighted by Gasteiger charge is -2.29. The molecule has 0 bridgehead atoms. The molecule has 1 aromatic rings. The number of carbonyl (C=O) groups is 11. The molecule has 73 heavy (non-hydrogen) atoms. The molecule has 16 N–H and O–H groups in total. The van der Waals surface area contributed by atoms with E-state index in [9.17, 15) is 68.1 Å². The monoisotopic (exact) mass is 1070 g/mol. The molecule has 1 aliphatic heterocycles. The molecule has 1 fully saturated rings. The molecule has 29 heteroatoms. The average Bonchev–Trinajstić information content (AvgIpc) is 4.06. The lowest BCUT2D eigenvalue weighted by molar-refractivity contribution is -0.145. The molecule has 1 aromatic heterocycles. The van der Waals surface area contributed by atoms with Crippen LogP contribution in [0.1, 0.15) is 78.3 Å². The maximum Gasteiger partial charge on any atom is 0.328 e. The van der Waals surface area contributed by atoms with E-state index in [-0.39, 0.29) is 43.8 Å². The largest absolute Gasteiger partial charge is 0.480 e. The topological polar surface area (TPSA) is 429 Å². The number of primary amides is 1. The number of hydrogen-bond donors (Lipinski definition) is 14. The number of aromatic amines is 1. The summed E-state index contributed by atoms with van der Waals surface area (Å²) in [6, 6.07) is -10.7. The molecule has 0 spiro atoms. The first-order valence-corrected chi connectivity index (χ1v) is 26.5. The number of thioether (sulfide) groups is 2. The van der Waals surface area contributed by atoms with E-state index < -0.39 is 145 Å². The van der Waals surface area contributed by atoms with Crippen LogP contribution < -0.4 is 54.0 Å². The van der Waals surface area contributed by atoms with Crippen molar-refractivity contribution in [1.82, 2.24) is 57.4 Å². The normalized spacial score (nSPS) is 17.3. The summed E-state index contributed by atoms with van der Waals surface area (Å²) in [5.74, 6) is -9.18. The summed E-state index contributed by atoms with van der Waals surface area (Å²) >= 11 is 2.83. The number of hydrogen-bond acceptors (Lipinski definition) is 17. The fourth-order valence-corrected chi connectivity index (χ4v) is 8.26. The van der Waals surface area contributed by atoms with Gasteiger partial charge in [0.15, 0.2) is 6.04 Å². The first-order valence-electron chi connectivity index (χ1n) is 23.7. The highest BCUT2D eigenvalue weighted by molar-refractivity contribution is 7.98. The van der Waals surface area contributed by atoms with Gasteiger partial charge < -0.3 is 79.2 Å². The van der Waals surface area contributed by atoms with E-state index in [4.69, 9.17) is 11.5 Å². The summed E-state index contributed by atoms with van der Waals surface area (Å²) in [6.45, 7) is 4.75. The van der Waals surface area contributed by atoms with Crippen LogP contribution in [0.4, 0.5) is 0 Å². The van der Waals surface area contributed by atoms with E-state index in [2.05, 4.69) is 52.5 Å². The Morgan fingerprint density at radius 2 is 1.33 bits per heavy atom. The second-order valence-corrected chi connectivity index (χ2v) is 19.5. The Morgan fingerprint density at radius 3 is 1.90 bits per heavy atom. The summed E-state index contributed by atoms with van der Waals surface area (Å²) < 4.78 is 0. The molecule has 0 unspecified atom stereocenters. The predicted molar refractivity (Wildman–Crippen MR) is 267 cm³/mol. The fraction of sp³-hybridized carbons (Fsp3) is 0.682. The third kappa shape index (κ3) is 21.5. The number of rotatable bonds is 33. The number of likely N-dealkylation sites (tertiary alicyclic amines) is 1. The molecular weight excluding hydrogens is 999 g/mol. The third-order valence-electron chi connectivity index (χ3n) is 11.8. The number of carbonyl (C=O) groups excluding carboxylic acids is 10. The van der Waals surface area contributed by atoms with Gasteiger partial charge in [-0.25, -0.2) is 9.78 Å². The van der Waals surface area contributed by atoms with Crippen molar-refractivity contribution in [3.05, 3.63) is 18.2 Å². The van der Waals surface area contributed by atoms with Crippen LogP contribution in [0.5, 0.6) is 0 Å². The number of aromatic nitrogens is 2. The summed E-state index contributed by atoms with van der Waals surface area (Å²) in [7, 11) is 0. The number of aliphatic carboxylic acids is 1. The number of nitrogens with one attached hydrogen (secondary N) is 9. The van der Waals surface area contributed by atoms with Crippen molar-refractivity contribution < 1.29 is 68.1 Å². The third-order valence-corrected chi connectivity index (χ3v) is 13.0. The number of H-pyrrole nitrogens is 1. The van der Waals surface area contributed by atoms with Crippen molar-refractivity contribution in [3.8, 4) is 0 Å². The van der Waals surface area contributed by atoms with E-state index in [1.54, 1.807) is 13.2 Å². The van der Waals surface area contributed by atoms with Gasteiger partial charge in [0.25, 0.3) is 0 Å². The maximum atomic E-state index is 13.8. The van der Waals surface area contributed by atoms with Crippen LogP contribution in [-0.4, -0.2) is 199 Å². The lowest BCUT2D eigenvalue weighted by Crippen LogP contribution is -2.60. The van der Waals surface area contributed by atoms with Crippen molar-refractivity contribution >= 4 is 88.6 Å². The molecule has 27 nitrogen and oxygen atoms in total. The number of nitrogens with zero attached hydrogens (tertiary/aromatic N) is 2. The van der Waals surface area contributed by atoms with Gasteiger partial charge in [-0.2, -0.15) is 23.5 Å².